The third kappa shape index (κ3) is 5.14. The third-order valence-corrected chi connectivity index (χ3v) is 4.45. The first kappa shape index (κ1) is 20.1. The zero-order chi connectivity index (χ0) is 19.4. The Labute approximate surface area is 159 Å². The van der Waals surface area contributed by atoms with Gasteiger partial charge < -0.3 is 20.5 Å². The van der Waals surface area contributed by atoms with Gasteiger partial charge in [0.2, 0.25) is 0 Å². The zero-order valence-corrected chi connectivity index (χ0v) is 16.3. The van der Waals surface area contributed by atoms with Crippen LogP contribution in [0.4, 0.5) is 4.79 Å². The van der Waals surface area contributed by atoms with E-state index in [9.17, 15) is 4.79 Å². The lowest BCUT2D eigenvalue weighted by Crippen LogP contribution is -2.41. The van der Waals surface area contributed by atoms with E-state index in [2.05, 4.69) is 10.3 Å². The number of aromatic nitrogens is 1. The number of carbonyl (C=O) groups is 1. The number of halogens is 1. The van der Waals surface area contributed by atoms with Gasteiger partial charge in [0.25, 0.3) is 0 Å². The lowest BCUT2D eigenvalue weighted by Gasteiger charge is -2.34. The van der Waals surface area contributed by atoms with E-state index in [0.29, 0.717) is 23.1 Å². The van der Waals surface area contributed by atoms with Crippen molar-refractivity contribution in [2.24, 2.45) is 11.7 Å². The highest BCUT2D eigenvalue weighted by atomic mass is 35.5. The topological polar surface area (TPSA) is 86.5 Å². The second-order valence-electron chi connectivity index (χ2n) is 7.34. The van der Waals surface area contributed by atoms with Crippen molar-refractivity contribution in [2.45, 2.75) is 45.3 Å². The van der Waals surface area contributed by atoms with Crippen LogP contribution in [0.2, 0.25) is 0 Å². The number of ether oxygens (including phenoxy) is 2. The first-order chi connectivity index (χ1) is 12.1. The Morgan fingerprint density at radius 3 is 2.62 bits per heavy atom. The minimum Gasteiger partial charge on any atom is -0.486 e. The highest BCUT2D eigenvalue weighted by Gasteiger charge is 2.33. The molecule has 0 radical (unpaired) electrons. The molecule has 1 aromatic rings. The average molecular weight is 380 g/mol. The third-order valence-electron chi connectivity index (χ3n) is 4.15. The normalized spacial score (nSPS) is 21.9. The van der Waals surface area contributed by atoms with E-state index in [1.165, 1.54) is 0 Å². The summed E-state index contributed by atoms with van der Waals surface area (Å²) < 4.78 is 11.1. The fraction of sp³-hybridized carbons (Fsp3) is 0.474. The van der Waals surface area contributed by atoms with Gasteiger partial charge in [-0.25, -0.2) is 4.79 Å². The Morgan fingerprint density at radius 2 is 2.08 bits per heavy atom. The summed E-state index contributed by atoms with van der Waals surface area (Å²) in [5.74, 6) is 0.795. The number of dihydropyridines is 1. The summed E-state index contributed by atoms with van der Waals surface area (Å²) in [4.78, 5) is 15.3. The first-order valence-corrected chi connectivity index (χ1v) is 8.90. The van der Waals surface area contributed by atoms with E-state index in [0.717, 1.165) is 5.56 Å². The van der Waals surface area contributed by atoms with Crippen LogP contribution in [0.25, 0.3) is 0 Å². The number of amides is 1. The molecule has 7 heteroatoms. The predicted molar refractivity (Wildman–Crippen MR) is 101 cm³/mol. The number of pyridine rings is 1. The molecule has 1 aliphatic heterocycles. The van der Waals surface area contributed by atoms with E-state index in [4.69, 9.17) is 26.8 Å². The number of nitrogens with two attached hydrogens (primary N) is 1. The number of primary amides is 1. The van der Waals surface area contributed by atoms with Crippen molar-refractivity contribution in [1.29, 1.82) is 0 Å². The van der Waals surface area contributed by atoms with Crippen molar-refractivity contribution in [1.82, 2.24) is 10.3 Å². The molecular formula is C19H26ClN3O3. The minimum atomic E-state index is -0.830. The molecule has 0 saturated heterocycles. The summed E-state index contributed by atoms with van der Waals surface area (Å²) in [6.45, 7) is 8.04. The van der Waals surface area contributed by atoms with Crippen molar-refractivity contribution in [2.75, 3.05) is 6.61 Å². The summed E-state index contributed by atoms with van der Waals surface area (Å²) in [5, 5.41) is 3.78. The molecule has 2 heterocycles. The summed E-state index contributed by atoms with van der Waals surface area (Å²) in [6, 6.07) is 3.85. The number of carbonyl (C=O) groups excluding carboxylic acids is 1. The van der Waals surface area contributed by atoms with Gasteiger partial charge >= 0.3 is 6.09 Å². The lowest BCUT2D eigenvalue weighted by atomic mass is 9.91. The molecule has 1 aliphatic rings. The maximum absolute atomic E-state index is 11.2. The molecule has 2 rings (SSSR count). The van der Waals surface area contributed by atoms with Crippen LogP contribution in [0.5, 0.6) is 0 Å². The lowest BCUT2D eigenvalue weighted by molar-refractivity contribution is -0.0348. The molecule has 0 aromatic carbocycles. The summed E-state index contributed by atoms with van der Waals surface area (Å²) in [5.41, 5.74) is 4.94. The van der Waals surface area contributed by atoms with Gasteiger partial charge in [-0.1, -0.05) is 25.4 Å². The van der Waals surface area contributed by atoms with Crippen LogP contribution in [0.15, 0.2) is 47.6 Å². The summed E-state index contributed by atoms with van der Waals surface area (Å²) in [6.07, 6.45) is 6.87. The molecule has 0 bridgehead atoms. The van der Waals surface area contributed by atoms with Crippen LogP contribution in [0, 0.1) is 5.92 Å². The Morgan fingerprint density at radius 1 is 1.42 bits per heavy atom. The summed E-state index contributed by atoms with van der Waals surface area (Å²) >= 11 is 6.44. The van der Waals surface area contributed by atoms with Gasteiger partial charge in [0.05, 0.1) is 10.6 Å². The van der Waals surface area contributed by atoms with Gasteiger partial charge in [0, 0.05) is 18.6 Å². The molecule has 1 aromatic heterocycles. The molecule has 6 nitrogen and oxygen atoms in total. The van der Waals surface area contributed by atoms with Gasteiger partial charge in [-0.2, -0.15) is 0 Å². The minimum absolute atomic E-state index is 0.150. The molecule has 2 unspecified atom stereocenters. The summed E-state index contributed by atoms with van der Waals surface area (Å²) in [7, 11) is 0. The molecule has 0 spiro atoms. The Kier molecular flexibility index (Phi) is 6.18. The maximum Gasteiger partial charge on any atom is 0.405 e. The molecule has 0 saturated carbocycles. The number of hydrogen-bond donors (Lipinski definition) is 2. The van der Waals surface area contributed by atoms with Gasteiger partial charge in [-0.3, -0.25) is 4.98 Å². The molecule has 0 aliphatic carbocycles. The molecule has 26 heavy (non-hydrogen) atoms. The SMILES string of the molecule is CC(C)CC(C)(COC1=CNC(C)(c2ccncc2)C=C1Cl)OC(N)=O. The van der Waals surface area contributed by atoms with E-state index >= 15 is 0 Å². The van der Waals surface area contributed by atoms with Gasteiger partial charge in [0.15, 0.2) is 5.76 Å². The Hall–Kier alpha value is -2.21. The van der Waals surface area contributed by atoms with E-state index < -0.39 is 17.2 Å². The van der Waals surface area contributed by atoms with Crippen LogP contribution >= 0.6 is 11.6 Å². The number of allylic oxidation sites excluding steroid dienone is 1. The van der Waals surface area contributed by atoms with E-state index in [1.807, 2.05) is 39.0 Å². The molecular weight excluding hydrogens is 354 g/mol. The van der Waals surface area contributed by atoms with Crippen molar-refractivity contribution in [3.63, 3.8) is 0 Å². The quantitative estimate of drug-likeness (QED) is 0.752. The number of hydrogen-bond acceptors (Lipinski definition) is 5. The van der Waals surface area contributed by atoms with Crippen LogP contribution in [-0.4, -0.2) is 23.3 Å². The number of nitrogens with zero attached hydrogens (tertiary/aromatic N) is 1. The van der Waals surface area contributed by atoms with Crippen LogP contribution in [0.3, 0.4) is 0 Å². The highest BCUT2D eigenvalue weighted by molar-refractivity contribution is 6.31. The van der Waals surface area contributed by atoms with Crippen molar-refractivity contribution < 1.29 is 14.3 Å². The smallest absolute Gasteiger partial charge is 0.405 e. The molecule has 0 fully saturated rings. The molecule has 2 atom stereocenters. The molecule has 3 N–H and O–H groups in total. The Balaban J connectivity index is 2.09. The van der Waals surface area contributed by atoms with E-state index in [-0.39, 0.29) is 6.61 Å². The maximum atomic E-state index is 11.2. The fourth-order valence-electron chi connectivity index (χ4n) is 3.09. The van der Waals surface area contributed by atoms with Crippen LogP contribution in [-0.2, 0) is 15.0 Å². The Bertz CT molecular complexity index is 705. The largest absolute Gasteiger partial charge is 0.486 e. The fourth-order valence-corrected chi connectivity index (χ4v) is 3.42. The van der Waals surface area contributed by atoms with Crippen molar-refractivity contribution in [3.8, 4) is 0 Å². The van der Waals surface area contributed by atoms with Crippen LogP contribution < -0.4 is 11.1 Å². The second-order valence-corrected chi connectivity index (χ2v) is 7.75. The van der Waals surface area contributed by atoms with Crippen molar-refractivity contribution in [3.05, 3.63) is 53.2 Å². The monoisotopic (exact) mass is 379 g/mol. The van der Waals surface area contributed by atoms with Crippen LogP contribution in [0.1, 0.15) is 39.7 Å². The highest BCUT2D eigenvalue weighted by Crippen LogP contribution is 2.32. The standard InChI is InChI=1S/C19H26ClN3O3/c1-13(2)9-18(3,26-17(21)24)12-25-16-11-23-19(4,10-15(16)20)14-5-7-22-8-6-14/h5-8,10-11,13,23H,9,12H2,1-4H3,(H2,21,24). The van der Waals surface area contributed by atoms with Gasteiger partial charge in [0.1, 0.15) is 12.2 Å². The van der Waals surface area contributed by atoms with Gasteiger partial charge in [-0.05, 0) is 50.0 Å². The molecule has 1 amide bonds. The van der Waals surface area contributed by atoms with E-state index in [1.54, 1.807) is 25.5 Å². The first-order valence-electron chi connectivity index (χ1n) is 8.52. The zero-order valence-electron chi connectivity index (χ0n) is 15.6. The number of rotatable bonds is 7. The van der Waals surface area contributed by atoms with Gasteiger partial charge in [-0.15, -0.1) is 0 Å². The number of nitrogens with one attached hydrogen (secondary N) is 1. The average Bonchev–Trinajstić information content (AvgIpc) is 2.53. The van der Waals surface area contributed by atoms with Crippen molar-refractivity contribution >= 4 is 17.7 Å². The molecule has 142 valence electrons. The predicted octanol–water partition coefficient (Wildman–Crippen LogP) is 3.78. The second kappa shape index (κ2) is 7.99.